The Balaban J connectivity index is 0.000000193. The number of aliphatic hydroxyl groups excluding tert-OH is 1. The maximum absolute atomic E-state index is 15.0. The molecule has 13 rings (SSSR count). The number of carbonyl (C=O) groups excluding carboxylic acids is 4. The highest BCUT2D eigenvalue weighted by atomic mass is 79.9. The minimum absolute atomic E-state index is 0. The van der Waals surface area contributed by atoms with Gasteiger partial charge < -0.3 is 55.6 Å². The molecule has 0 aromatic heterocycles. The molecule has 0 saturated heterocycles. The fourth-order valence-corrected chi connectivity index (χ4v) is 11.6. The summed E-state index contributed by atoms with van der Waals surface area (Å²) >= 11 is 3.28. The summed E-state index contributed by atoms with van der Waals surface area (Å²) in [5.74, 6) is 1.12. The maximum atomic E-state index is 15.0. The lowest BCUT2D eigenvalue weighted by Crippen LogP contribution is -2.31. The molecule has 2 heterocycles. The molecule has 2 aliphatic rings. The minimum Gasteiger partial charge on any atom is -0.485 e. The van der Waals surface area contributed by atoms with Crippen molar-refractivity contribution >= 4 is 56.6 Å². The van der Waals surface area contributed by atoms with E-state index >= 15 is 0 Å². The first-order valence-corrected chi connectivity index (χ1v) is 38.0. The number of benzene rings is 11. The van der Waals surface area contributed by atoms with Gasteiger partial charge in [0.25, 0.3) is 23.6 Å². The number of nitrogens with two attached hydrogens (primary N) is 2. The van der Waals surface area contributed by atoms with Crippen LogP contribution < -0.4 is 50.5 Å². The molecular formula is C91H96BrF3N6O11. The molecule has 0 aliphatic carbocycles. The van der Waals surface area contributed by atoms with Crippen molar-refractivity contribution in [2.45, 2.75) is 93.5 Å². The molecule has 11 aromatic carbocycles. The molecule has 11 aromatic rings. The van der Waals surface area contributed by atoms with Gasteiger partial charge in [-0.2, -0.15) is 0 Å². The van der Waals surface area contributed by atoms with Crippen molar-refractivity contribution in [1.29, 1.82) is 0 Å². The zero-order valence-electron chi connectivity index (χ0n) is 62.6. The number of aliphatic hydroxyl groups is 1. The predicted octanol–water partition coefficient (Wildman–Crippen LogP) is 20.4. The Morgan fingerprint density at radius 1 is 0.375 bits per heavy atom. The van der Waals surface area contributed by atoms with Crippen LogP contribution in [0.3, 0.4) is 0 Å². The molecule has 0 atom stereocenters. The van der Waals surface area contributed by atoms with E-state index in [0.717, 1.165) is 70.8 Å². The van der Waals surface area contributed by atoms with Gasteiger partial charge in [-0.15, -0.1) is 0 Å². The SMILES string of the molecule is C.CCO.CCc1ccc(Oc2ccc(N)cc2F)c(OCc2ccccc2)c1.CCc1ccc(Oc2ccc(NCCCN)cc2F)c(OCc2ccccc2)c1.CCc1ccc(Oc2ccc(NCCCN3C(=O)c4ccccc4C3=O)cc2F)c(OCc2ccccc2)c1.O=C1c2ccccc2C(=O)N1CCCBr. The number of carbonyl (C=O) groups is 4. The molecule has 0 spiro atoms. The number of anilines is 3. The van der Waals surface area contributed by atoms with Crippen LogP contribution in [-0.4, -0.2) is 83.2 Å². The van der Waals surface area contributed by atoms with E-state index in [-0.39, 0.29) is 61.5 Å². The first-order chi connectivity index (χ1) is 54.0. The van der Waals surface area contributed by atoms with Crippen molar-refractivity contribution in [3.63, 3.8) is 0 Å². The highest BCUT2D eigenvalue weighted by molar-refractivity contribution is 9.09. The fraction of sp³-hybridized carbons (Fsp3) is 0.231. The van der Waals surface area contributed by atoms with Crippen molar-refractivity contribution < 1.29 is 65.9 Å². The van der Waals surface area contributed by atoms with Crippen molar-refractivity contribution in [2.75, 3.05) is 61.0 Å². The van der Waals surface area contributed by atoms with Crippen LogP contribution in [0, 0.1) is 17.5 Å². The Hall–Kier alpha value is -11.9. The Morgan fingerprint density at radius 2 is 0.679 bits per heavy atom. The Bertz CT molecular complexity index is 4780. The average molecular weight is 1590 g/mol. The first-order valence-electron chi connectivity index (χ1n) is 36.9. The van der Waals surface area contributed by atoms with E-state index in [4.69, 9.17) is 45.0 Å². The molecule has 4 amide bonds. The van der Waals surface area contributed by atoms with Gasteiger partial charge in [-0.3, -0.25) is 29.0 Å². The number of imide groups is 2. The number of hydrogen-bond acceptors (Lipinski definition) is 15. The van der Waals surface area contributed by atoms with E-state index in [9.17, 15) is 32.3 Å². The molecular weight excluding hydrogens is 1490 g/mol. The summed E-state index contributed by atoms with van der Waals surface area (Å²) in [6.45, 7) is 11.8. The third-order valence-electron chi connectivity index (χ3n) is 17.3. The minimum atomic E-state index is -0.520. The molecule has 0 saturated carbocycles. The van der Waals surface area contributed by atoms with E-state index in [2.05, 4.69) is 47.3 Å². The average Bonchev–Trinajstić information content (AvgIpc) is 1.64. The van der Waals surface area contributed by atoms with Gasteiger partial charge in [0, 0.05) is 73.4 Å². The lowest BCUT2D eigenvalue weighted by atomic mass is 10.1. The molecule has 21 heteroatoms. The molecule has 0 unspecified atom stereocenters. The van der Waals surface area contributed by atoms with Crippen molar-refractivity contribution in [3.8, 4) is 51.7 Å². The van der Waals surface area contributed by atoms with Crippen LogP contribution in [0.5, 0.6) is 51.7 Å². The van der Waals surface area contributed by atoms with Gasteiger partial charge in [0.15, 0.2) is 69.2 Å². The number of halogens is 4. The Kier molecular flexibility index (Phi) is 34.2. The molecule has 0 fully saturated rings. The number of ether oxygens (including phenoxy) is 6. The van der Waals surface area contributed by atoms with Gasteiger partial charge in [0.2, 0.25) is 0 Å². The third kappa shape index (κ3) is 24.8. The Morgan fingerprint density at radius 3 is 0.991 bits per heavy atom. The summed E-state index contributed by atoms with van der Waals surface area (Å²) in [6.07, 6.45) is 4.72. The summed E-state index contributed by atoms with van der Waals surface area (Å²) in [6, 6.07) is 74.2. The lowest BCUT2D eigenvalue weighted by molar-refractivity contribution is 0.0639. The summed E-state index contributed by atoms with van der Waals surface area (Å²) in [4.78, 5) is 51.1. The molecule has 0 radical (unpaired) electrons. The number of nitrogens with zero attached hydrogens (tertiary/aromatic N) is 2. The summed E-state index contributed by atoms with van der Waals surface area (Å²) < 4.78 is 79.0. The van der Waals surface area contributed by atoms with Crippen LogP contribution in [-0.2, 0) is 39.1 Å². The number of rotatable bonds is 30. The summed E-state index contributed by atoms with van der Waals surface area (Å²) in [5.41, 5.74) is 21.1. The molecule has 17 nitrogen and oxygen atoms in total. The van der Waals surface area contributed by atoms with Crippen molar-refractivity contribution in [1.82, 2.24) is 9.80 Å². The van der Waals surface area contributed by atoms with Crippen LogP contribution in [0.2, 0.25) is 0 Å². The number of amides is 4. The summed E-state index contributed by atoms with van der Waals surface area (Å²) in [7, 11) is 0. The second-order valence-electron chi connectivity index (χ2n) is 25.3. The van der Waals surface area contributed by atoms with Crippen LogP contribution >= 0.6 is 15.9 Å². The van der Waals surface area contributed by atoms with E-state index in [1.807, 2.05) is 133 Å². The smallest absolute Gasteiger partial charge is 0.261 e. The normalized spacial score (nSPS) is 11.5. The molecule has 0 bridgehead atoms. The first kappa shape index (κ1) is 85.7. The van der Waals surface area contributed by atoms with Crippen LogP contribution in [0.4, 0.5) is 30.2 Å². The lowest BCUT2D eigenvalue weighted by Gasteiger charge is -2.16. The van der Waals surface area contributed by atoms with Gasteiger partial charge in [-0.25, -0.2) is 13.2 Å². The highest BCUT2D eigenvalue weighted by Crippen LogP contribution is 2.39. The van der Waals surface area contributed by atoms with E-state index in [1.54, 1.807) is 97.9 Å². The molecule has 112 heavy (non-hydrogen) atoms. The van der Waals surface area contributed by atoms with Crippen LogP contribution in [0.1, 0.15) is 129 Å². The van der Waals surface area contributed by atoms with Crippen molar-refractivity contribution in [2.24, 2.45) is 5.73 Å². The zero-order valence-corrected chi connectivity index (χ0v) is 64.2. The van der Waals surface area contributed by atoms with Crippen LogP contribution in [0.15, 0.2) is 249 Å². The predicted molar refractivity (Wildman–Crippen MR) is 440 cm³/mol. The van der Waals surface area contributed by atoms with E-state index in [1.165, 1.54) is 34.1 Å². The van der Waals surface area contributed by atoms with Gasteiger partial charge in [-0.05, 0) is 182 Å². The monoisotopic (exact) mass is 1580 g/mol. The fourth-order valence-electron chi connectivity index (χ4n) is 11.4. The third-order valence-corrected chi connectivity index (χ3v) is 17.9. The number of aryl methyl sites for hydroxylation is 3. The highest BCUT2D eigenvalue weighted by Gasteiger charge is 2.36. The second kappa shape index (κ2) is 44.7. The van der Waals surface area contributed by atoms with E-state index in [0.29, 0.717) is 126 Å². The number of fused-ring (bicyclic) bond motifs is 2. The molecule has 2 aliphatic heterocycles. The van der Waals surface area contributed by atoms with Gasteiger partial charge in [0.1, 0.15) is 19.8 Å². The Labute approximate surface area is 662 Å². The van der Waals surface area contributed by atoms with Crippen molar-refractivity contribution in [3.05, 3.63) is 322 Å². The zero-order chi connectivity index (χ0) is 78.9. The largest absolute Gasteiger partial charge is 0.485 e. The quantitative estimate of drug-likeness (QED) is 0.0122. The number of hydrogen-bond donors (Lipinski definition) is 5. The maximum Gasteiger partial charge on any atom is 0.261 e. The summed E-state index contributed by atoms with van der Waals surface area (Å²) in [5, 5.41) is 14.7. The topological polar surface area (TPSA) is 226 Å². The second-order valence-corrected chi connectivity index (χ2v) is 26.1. The van der Waals surface area contributed by atoms with Gasteiger partial charge in [-0.1, -0.05) is 178 Å². The van der Waals surface area contributed by atoms with Gasteiger partial charge in [0.05, 0.1) is 22.3 Å². The number of nitrogen functional groups attached to an aromatic ring is 1. The molecule has 584 valence electrons. The standard InChI is InChI=1S/C32H29FN2O4.C24H27FN2O2.C21H20FNO2.C11H10BrNO2.C2H6O.CH4/c1-2-22-13-15-29(30(19-22)38-21-23-9-4-3-5-10-23)39-28-16-14-24(20-27(28)33)34-17-8-18-35-31(36)25-11-6-7-12-26(25)32(35)37;1-2-18-9-11-23(24(15-18)28-17-19-7-4-3-5-8-19)29-22-12-10-20(16-21(22)25)27-14-6-13-26;1-2-15-8-10-20(25-19-11-9-17(23)13-18(19)22)21(12-15)24-14-16-6-4-3-5-7-16;12-6-3-7-13-10(14)8-4-1-2-5-9(8)11(13)15;1-2-3;/h3-7,9-16,19-20,34H,2,8,17-18,21H2,1H3;3-5,7-12,15-16,27H,2,6,13-14,17,26H2,1H3;3-13H,2,14,23H2,1H3;1-2,4-5H,3,6-7H2;3H,2H2,1H3;1H4. The number of nitrogens with one attached hydrogen (secondary N) is 2. The van der Waals surface area contributed by atoms with Gasteiger partial charge >= 0.3 is 0 Å². The molecule has 7 N–H and O–H groups in total. The van der Waals surface area contributed by atoms with E-state index < -0.39 is 17.5 Å². The number of alkyl halides is 1. The van der Waals surface area contributed by atoms with Crippen LogP contribution in [0.25, 0.3) is 0 Å².